The van der Waals surface area contributed by atoms with Gasteiger partial charge >= 0.3 is 0 Å². The third kappa shape index (κ3) is 4.63. The van der Waals surface area contributed by atoms with Crippen molar-refractivity contribution in [3.8, 4) is 11.5 Å². The summed E-state index contributed by atoms with van der Waals surface area (Å²) in [5.74, 6) is 0.365. The molecule has 0 bridgehead atoms. The summed E-state index contributed by atoms with van der Waals surface area (Å²) in [6, 6.07) is 4.24. The van der Waals surface area contributed by atoms with E-state index < -0.39 is 10.0 Å². The molecule has 1 heterocycles. The molecular formula is C13H16N4O5S2. The van der Waals surface area contributed by atoms with Crippen molar-refractivity contribution >= 4 is 32.4 Å². The number of methoxy groups -OCH3 is 2. The van der Waals surface area contributed by atoms with Crippen molar-refractivity contribution < 1.29 is 22.7 Å². The van der Waals surface area contributed by atoms with Crippen molar-refractivity contribution in [1.82, 2.24) is 14.9 Å². The second kappa shape index (κ2) is 8.04. The number of nitrogens with zero attached hydrogens (tertiary/aromatic N) is 2. The first-order chi connectivity index (χ1) is 11.5. The van der Waals surface area contributed by atoms with Crippen LogP contribution in [0.1, 0.15) is 6.42 Å². The van der Waals surface area contributed by atoms with E-state index in [2.05, 4.69) is 20.2 Å². The lowest BCUT2D eigenvalue weighted by molar-refractivity contribution is -0.116. The van der Waals surface area contributed by atoms with Gasteiger partial charge in [0.1, 0.15) is 5.51 Å². The fourth-order valence-corrected chi connectivity index (χ4v) is 3.28. The Morgan fingerprint density at radius 3 is 2.62 bits per heavy atom. The lowest BCUT2D eigenvalue weighted by Gasteiger charge is -2.11. The number of benzene rings is 1. The molecule has 2 N–H and O–H groups in total. The normalized spacial score (nSPS) is 11.1. The van der Waals surface area contributed by atoms with Crippen LogP contribution in [0.15, 0.2) is 28.6 Å². The highest BCUT2D eigenvalue weighted by molar-refractivity contribution is 7.89. The SMILES string of the molecule is COc1ccc(S(=O)(=O)NCCC(=O)Nc2nncs2)cc1OC. The van der Waals surface area contributed by atoms with E-state index in [0.717, 1.165) is 0 Å². The van der Waals surface area contributed by atoms with Crippen LogP contribution >= 0.6 is 11.3 Å². The minimum atomic E-state index is -3.77. The Morgan fingerprint density at radius 1 is 1.25 bits per heavy atom. The molecule has 0 radical (unpaired) electrons. The maximum atomic E-state index is 12.2. The Labute approximate surface area is 143 Å². The predicted octanol–water partition coefficient (Wildman–Crippen LogP) is 0.862. The van der Waals surface area contributed by atoms with Gasteiger partial charge in [0.2, 0.25) is 21.1 Å². The summed E-state index contributed by atoms with van der Waals surface area (Å²) in [5, 5.41) is 10.1. The molecule has 1 aromatic carbocycles. The molecular weight excluding hydrogens is 356 g/mol. The molecule has 0 aliphatic carbocycles. The van der Waals surface area contributed by atoms with Gasteiger partial charge in [0.15, 0.2) is 11.5 Å². The molecule has 2 aromatic rings. The molecule has 0 aliphatic heterocycles. The molecule has 11 heteroatoms. The number of hydrogen-bond donors (Lipinski definition) is 2. The fraction of sp³-hybridized carbons (Fsp3) is 0.308. The number of hydrogen-bond acceptors (Lipinski definition) is 8. The summed E-state index contributed by atoms with van der Waals surface area (Å²) < 4.78 is 37.0. The number of nitrogens with one attached hydrogen (secondary N) is 2. The third-order valence-electron chi connectivity index (χ3n) is 2.92. The largest absolute Gasteiger partial charge is 0.493 e. The van der Waals surface area contributed by atoms with Crippen molar-refractivity contribution in [1.29, 1.82) is 0 Å². The molecule has 0 aliphatic rings. The number of ether oxygens (including phenoxy) is 2. The fourth-order valence-electron chi connectivity index (χ4n) is 1.78. The lowest BCUT2D eigenvalue weighted by Crippen LogP contribution is -2.27. The second-order valence-corrected chi connectivity index (χ2v) is 7.06. The average Bonchev–Trinajstić information content (AvgIpc) is 3.06. The third-order valence-corrected chi connectivity index (χ3v) is 4.98. The summed E-state index contributed by atoms with van der Waals surface area (Å²) in [7, 11) is -0.891. The highest BCUT2D eigenvalue weighted by atomic mass is 32.2. The van der Waals surface area contributed by atoms with Crippen molar-refractivity contribution in [3.63, 3.8) is 0 Å². The van der Waals surface area contributed by atoms with Crippen LogP contribution in [0.4, 0.5) is 5.13 Å². The molecule has 0 atom stereocenters. The summed E-state index contributed by atoms with van der Waals surface area (Å²) in [4.78, 5) is 11.7. The first kappa shape index (κ1) is 18.1. The van der Waals surface area contributed by atoms with E-state index in [9.17, 15) is 13.2 Å². The monoisotopic (exact) mass is 372 g/mol. The second-order valence-electron chi connectivity index (χ2n) is 4.46. The molecule has 24 heavy (non-hydrogen) atoms. The zero-order valence-electron chi connectivity index (χ0n) is 13.0. The van der Waals surface area contributed by atoms with Gasteiger partial charge in [0.05, 0.1) is 19.1 Å². The standard InChI is InChI=1S/C13H16N4O5S2/c1-21-10-4-3-9(7-11(10)22-2)24(19,20)15-6-5-12(18)16-13-17-14-8-23-13/h3-4,7-8,15H,5-6H2,1-2H3,(H,16,17,18). The molecule has 0 spiro atoms. The molecule has 0 saturated heterocycles. The van der Waals surface area contributed by atoms with Gasteiger partial charge in [0, 0.05) is 19.0 Å². The van der Waals surface area contributed by atoms with E-state index in [1.54, 1.807) is 0 Å². The molecule has 0 unspecified atom stereocenters. The average molecular weight is 372 g/mol. The summed E-state index contributed by atoms with van der Waals surface area (Å²) >= 11 is 1.18. The predicted molar refractivity (Wildman–Crippen MR) is 87.9 cm³/mol. The summed E-state index contributed by atoms with van der Waals surface area (Å²) in [6.07, 6.45) is -0.0356. The number of carbonyl (C=O) groups excluding carboxylic acids is 1. The number of anilines is 1. The van der Waals surface area contributed by atoms with E-state index in [1.165, 1.54) is 49.3 Å². The van der Waals surface area contributed by atoms with Gasteiger partial charge in [-0.2, -0.15) is 0 Å². The molecule has 9 nitrogen and oxygen atoms in total. The van der Waals surface area contributed by atoms with E-state index in [4.69, 9.17) is 9.47 Å². The van der Waals surface area contributed by atoms with Gasteiger partial charge in [-0.3, -0.25) is 4.79 Å². The van der Waals surface area contributed by atoms with Gasteiger partial charge in [-0.25, -0.2) is 13.1 Å². The zero-order chi connectivity index (χ0) is 17.6. The smallest absolute Gasteiger partial charge is 0.240 e. The van der Waals surface area contributed by atoms with Gasteiger partial charge in [-0.05, 0) is 12.1 Å². The van der Waals surface area contributed by atoms with Crippen LogP contribution in [-0.2, 0) is 14.8 Å². The molecule has 0 saturated carbocycles. The molecule has 0 fully saturated rings. The van der Waals surface area contributed by atoms with Crippen molar-refractivity contribution in [2.24, 2.45) is 0 Å². The van der Waals surface area contributed by atoms with Crippen LogP contribution in [0.25, 0.3) is 0 Å². The van der Waals surface area contributed by atoms with Crippen LogP contribution in [0.3, 0.4) is 0 Å². The Kier molecular flexibility index (Phi) is 6.06. The zero-order valence-corrected chi connectivity index (χ0v) is 14.6. The van der Waals surface area contributed by atoms with Crippen LogP contribution in [0.2, 0.25) is 0 Å². The first-order valence-electron chi connectivity index (χ1n) is 6.74. The number of sulfonamides is 1. The Bertz CT molecular complexity index is 793. The van der Waals surface area contributed by atoms with Crippen LogP contribution in [-0.4, -0.2) is 45.3 Å². The van der Waals surface area contributed by atoms with E-state index >= 15 is 0 Å². The number of carbonyl (C=O) groups is 1. The minimum absolute atomic E-state index is 0.0182. The quantitative estimate of drug-likeness (QED) is 0.705. The van der Waals surface area contributed by atoms with Crippen molar-refractivity contribution in [3.05, 3.63) is 23.7 Å². The Hall–Kier alpha value is -2.24. The van der Waals surface area contributed by atoms with E-state index in [-0.39, 0.29) is 23.8 Å². The van der Waals surface area contributed by atoms with E-state index in [0.29, 0.717) is 16.6 Å². The van der Waals surface area contributed by atoms with Crippen LogP contribution in [0.5, 0.6) is 11.5 Å². The van der Waals surface area contributed by atoms with Gasteiger partial charge in [-0.1, -0.05) is 11.3 Å². The molecule has 130 valence electrons. The number of rotatable bonds is 8. The van der Waals surface area contributed by atoms with Gasteiger partial charge < -0.3 is 14.8 Å². The van der Waals surface area contributed by atoms with Gasteiger partial charge in [-0.15, -0.1) is 10.2 Å². The molecule has 1 aromatic heterocycles. The maximum absolute atomic E-state index is 12.2. The molecule has 1 amide bonds. The topological polar surface area (TPSA) is 120 Å². The van der Waals surface area contributed by atoms with Crippen LogP contribution < -0.4 is 19.5 Å². The Morgan fingerprint density at radius 2 is 2.00 bits per heavy atom. The van der Waals surface area contributed by atoms with Gasteiger partial charge in [0.25, 0.3) is 0 Å². The highest BCUT2D eigenvalue weighted by Crippen LogP contribution is 2.29. The first-order valence-corrected chi connectivity index (χ1v) is 9.10. The highest BCUT2D eigenvalue weighted by Gasteiger charge is 2.17. The van der Waals surface area contributed by atoms with E-state index in [1.807, 2.05) is 0 Å². The number of aromatic nitrogens is 2. The number of amides is 1. The Balaban J connectivity index is 1.95. The molecule has 2 rings (SSSR count). The maximum Gasteiger partial charge on any atom is 0.240 e. The summed E-state index contributed by atoms with van der Waals surface area (Å²) in [6.45, 7) is -0.0543. The minimum Gasteiger partial charge on any atom is -0.493 e. The van der Waals surface area contributed by atoms with Crippen molar-refractivity contribution in [2.75, 3.05) is 26.1 Å². The van der Waals surface area contributed by atoms with Crippen molar-refractivity contribution in [2.45, 2.75) is 11.3 Å². The summed E-state index contributed by atoms with van der Waals surface area (Å²) in [5.41, 5.74) is 1.48. The van der Waals surface area contributed by atoms with Crippen LogP contribution in [0, 0.1) is 0 Å². The lowest BCUT2D eigenvalue weighted by atomic mass is 10.3.